The zero-order valence-electron chi connectivity index (χ0n) is 17.4. The molecule has 0 aliphatic carbocycles. The predicted molar refractivity (Wildman–Crippen MR) is 137 cm³/mol. The number of carbonyl (C=O) groups is 1. The molecule has 0 atom stereocenters. The average molecular weight is 539 g/mol. The Kier molecular flexibility index (Phi) is 7.19. The molecular weight excluding hydrogens is 522 g/mol. The van der Waals surface area contributed by atoms with Gasteiger partial charge in [-0.15, -0.1) is 0 Å². The minimum Gasteiger partial charge on any atom is -0.488 e. The molecule has 3 aromatic carbocycles. The van der Waals surface area contributed by atoms with Crippen molar-refractivity contribution in [3.63, 3.8) is 0 Å². The first-order valence-electron chi connectivity index (χ1n) is 9.89. The highest BCUT2D eigenvalue weighted by Gasteiger charge is 2.24. The van der Waals surface area contributed by atoms with Gasteiger partial charge in [0.05, 0.1) is 26.7 Å². The van der Waals surface area contributed by atoms with E-state index in [-0.39, 0.29) is 12.5 Å². The third kappa shape index (κ3) is 5.66. The van der Waals surface area contributed by atoms with Gasteiger partial charge in [0, 0.05) is 10.6 Å². The smallest absolute Gasteiger partial charge is 0.264 e. The van der Waals surface area contributed by atoms with Gasteiger partial charge < -0.3 is 10.1 Å². The summed E-state index contributed by atoms with van der Waals surface area (Å²) < 4.78 is 6.63. The van der Waals surface area contributed by atoms with E-state index in [1.165, 1.54) is 11.8 Å². The van der Waals surface area contributed by atoms with Crippen LogP contribution < -0.4 is 10.1 Å². The molecule has 8 heteroatoms. The fourth-order valence-electron chi connectivity index (χ4n) is 3.08. The van der Waals surface area contributed by atoms with E-state index in [2.05, 4.69) is 32.3 Å². The SMILES string of the molecule is Cc1ccc(Cl)cc1N=C1NC(=O)/C(=C/c2ccc(OCc3ccccc3C#N)c(Br)c2)S1. The van der Waals surface area contributed by atoms with Crippen molar-refractivity contribution in [2.45, 2.75) is 13.5 Å². The third-order valence-corrected chi connectivity index (χ3v) is 6.58. The first kappa shape index (κ1) is 23.1. The van der Waals surface area contributed by atoms with Crippen molar-refractivity contribution in [2.24, 2.45) is 4.99 Å². The Balaban J connectivity index is 1.48. The number of amides is 1. The van der Waals surface area contributed by atoms with Crippen molar-refractivity contribution < 1.29 is 9.53 Å². The summed E-state index contributed by atoms with van der Waals surface area (Å²) in [6.45, 7) is 2.22. The predicted octanol–water partition coefficient (Wildman–Crippen LogP) is 6.75. The van der Waals surface area contributed by atoms with Gasteiger partial charge >= 0.3 is 0 Å². The summed E-state index contributed by atoms with van der Waals surface area (Å²) in [5.74, 6) is 0.440. The molecule has 1 heterocycles. The molecule has 1 amide bonds. The molecule has 33 heavy (non-hydrogen) atoms. The highest BCUT2D eigenvalue weighted by molar-refractivity contribution is 9.10. The van der Waals surface area contributed by atoms with Gasteiger partial charge in [0.25, 0.3) is 5.91 Å². The number of hydrogen-bond acceptors (Lipinski definition) is 5. The van der Waals surface area contributed by atoms with Crippen LogP contribution in [0.5, 0.6) is 5.75 Å². The lowest BCUT2D eigenvalue weighted by Gasteiger charge is -2.10. The molecule has 0 spiro atoms. The maximum atomic E-state index is 12.4. The molecule has 0 radical (unpaired) electrons. The highest BCUT2D eigenvalue weighted by Crippen LogP contribution is 2.32. The van der Waals surface area contributed by atoms with Gasteiger partial charge in [-0.1, -0.05) is 41.9 Å². The summed E-state index contributed by atoms with van der Waals surface area (Å²) in [7, 11) is 0. The number of ether oxygens (including phenoxy) is 1. The lowest BCUT2D eigenvalue weighted by atomic mass is 10.1. The van der Waals surface area contributed by atoms with Crippen LogP contribution in [0.15, 0.2) is 75.0 Å². The number of aryl methyl sites for hydroxylation is 1. The molecule has 5 nitrogen and oxygen atoms in total. The quantitative estimate of drug-likeness (QED) is 0.365. The number of halogens is 2. The Labute approximate surface area is 209 Å². The molecule has 0 bridgehead atoms. The summed E-state index contributed by atoms with van der Waals surface area (Å²) in [5.41, 5.74) is 3.93. The second kappa shape index (κ2) is 10.3. The van der Waals surface area contributed by atoms with Crippen molar-refractivity contribution in [1.29, 1.82) is 5.26 Å². The number of aliphatic imine (C=N–C) groups is 1. The zero-order chi connectivity index (χ0) is 23.4. The van der Waals surface area contributed by atoms with Crippen LogP contribution in [0.25, 0.3) is 6.08 Å². The molecule has 0 saturated carbocycles. The number of amidine groups is 1. The van der Waals surface area contributed by atoms with Crippen LogP contribution in [0.1, 0.15) is 22.3 Å². The lowest BCUT2D eigenvalue weighted by Crippen LogP contribution is -2.19. The van der Waals surface area contributed by atoms with E-state index >= 15 is 0 Å². The monoisotopic (exact) mass is 537 g/mol. The minimum absolute atomic E-state index is 0.206. The summed E-state index contributed by atoms with van der Waals surface area (Å²) in [4.78, 5) is 17.5. The van der Waals surface area contributed by atoms with Crippen LogP contribution >= 0.6 is 39.3 Å². The number of carbonyl (C=O) groups excluding carboxylic acids is 1. The molecule has 1 saturated heterocycles. The number of nitriles is 1. The first-order valence-corrected chi connectivity index (χ1v) is 11.9. The number of thioether (sulfide) groups is 1. The Morgan fingerprint density at radius 2 is 2.03 bits per heavy atom. The standard InChI is InChI=1S/C25H17BrClN3O2S/c1-15-6-8-19(27)12-21(15)29-25-30-24(31)23(33-25)11-16-7-9-22(20(26)10-16)32-14-18-5-3-2-4-17(18)13-28/h2-12H,14H2,1H3,(H,29,30,31)/b23-11-. The fourth-order valence-corrected chi connectivity index (χ4v) is 4.59. The number of benzene rings is 3. The minimum atomic E-state index is -0.206. The van der Waals surface area contributed by atoms with Gasteiger partial charge in [-0.3, -0.25) is 4.79 Å². The molecule has 3 aromatic rings. The van der Waals surface area contributed by atoms with Crippen molar-refractivity contribution in [2.75, 3.05) is 0 Å². The van der Waals surface area contributed by atoms with E-state index in [4.69, 9.17) is 16.3 Å². The fraction of sp³-hybridized carbons (Fsp3) is 0.0800. The summed E-state index contributed by atoms with van der Waals surface area (Å²) in [6, 6.07) is 20.5. The van der Waals surface area contributed by atoms with Crippen molar-refractivity contribution in [3.05, 3.63) is 97.3 Å². The Morgan fingerprint density at radius 1 is 1.21 bits per heavy atom. The number of rotatable bonds is 5. The van der Waals surface area contributed by atoms with Crippen molar-refractivity contribution in [3.8, 4) is 11.8 Å². The van der Waals surface area contributed by atoms with E-state index in [1.54, 1.807) is 24.3 Å². The lowest BCUT2D eigenvalue weighted by molar-refractivity contribution is -0.115. The van der Waals surface area contributed by atoms with Gasteiger partial charge in [0.15, 0.2) is 5.17 Å². The Bertz CT molecular complexity index is 1350. The van der Waals surface area contributed by atoms with Crippen LogP contribution in [0.3, 0.4) is 0 Å². The van der Waals surface area contributed by atoms with E-state index in [9.17, 15) is 10.1 Å². The van der Waals surface area contributed by atoms with Crippen molar-refractivity contribution in [1.82, 2.24) is 5.32 Å². The molecule has 4 rings (SSSR count). The van der Waals surface area contributed by atoms with Gasteiger partial charge in [-0.25, -0.2) is 4.99 Å². The zero-order valence-corrected chi connectivity index (χ0v) is 20.6. The Morgan fingerprint density at radius 3 is 2.82 bits per heavy atom. The van der Waals surface area contributed by atoms with Crippen LogP contribution in [0.4, 0.5) is 5.69 Å². The van der Waals surface area contributed by atoms with E-state index in [0.29, 0.717) is 32.1 Å². The molecule has 1 N–H and O–H groups in total. The second-order valence-corrected chi connectivity index (χ2v) is 9.48. The third-order valence-electron chi connectivity index (χ3n) is 4.82. The van der Waals surface area contributed by atoms with Crippen molar-refractivity contribution >= 4 is 62.1 Å². The second-order valence-electron chi connectivity index (χ2n) is 7.16. The number of nitrogens with one attached hydrogen (secondary N) is 1. The average Bonchev–Trinajstić information content (AvgIpc) is 3.14. The van der Waals surface area contributed by atoms with Crippen LogP contribution in [-0.4, -0.2) is 11.1 Å². The van der Waals surface area contributed by atoms with Gasteiger partial charge in [0.1, 0.15) is 12.4 Å². The van der Waals surface area contributed by atoms with Crippen LogP contribution in [0, 0.1) is 18.3 Å². The largest absolute Gasteiger partial charge is 0.488 e. The summed E-state index contributed by atoms with van der Waals surface area (Å²) in [6.07, 6.45) is 1.80. The van der Waals surface area contributed by atoms with E-state index in [1.807, 2.05) is 49.4 Å². The molecule has 0 unspecified atom stereocenters. The molecule has 1 aliphatic heterocycles. The van der Waals surface area contributed by atoms with E-state index in [0.717, 1.165) is 21.2 Å². The normalized spacial score (nSPS) is 15.5. The maximum Gasteiger partial charge on any atom is 0.264 e. The van der Waals surface area contributed by atoms with Crippen LogP contribution in [-0.2, 0) is 11.4 Å². The molecule has 1 fully saturated rings. The highest BCUT2D eigenvalue weighted by atomic mass is 79.9. The van der Waals surface area contributed by atoms with E-state index < -0.39 is 0 Å². The Hall–Kier alpha value is -3.05. The van der Waals surface area contributed by atoms with Gasteiger partial charge in [0.2, 0.25) is 0 Å². The first-order chi connectivity index (χ1) is 15.9. The summed E-state index contributed by atoms with van der Waals surface area (Å²) >= 11 is 10.9. The molecule has 0 aromatic heterocycles. The topological polar surface area (TPSA) is 74.5 Å². The molecule has 164 valence electrons. The summed E-state index contributed by atoms with van der Waals surface area (Å²) in [5, 5.41) is 13.1. The van der Waals surface area contributed by atoms with Gasteiger partial charge in [-0.2, -0.15) is 5.26 Å². The van der Waals surface area contributed by atoms with Crippen LogP contribution in [0.2, 0.25) is 5.02 Å². The maximum absolute atomic E-state index is 12.4. The number of nitrogens with zero attached hydrogens (tertiary/aromatic N) is 2. The number of hydrogen-bond donors (Lipinski definition) is 1. The van der Waals surface area contributed by atoms with Gasteiger partial charge in [-0.05, 0) is 82.2 Å². The molecule has 1 aliphatic rings. The molecular formula is C25H17BrClN3O2S.